The summed E-state index contributed by atoms with van der Waals surface area (Å²) >= 11 is 0. The third-order valence-corrected chi connectivity index (χ3v) is 0.951. The number of hydrogen-bond donors (Lipinski definition) is 0. The minimum atomic E-state index is -0.665. The predicted octanol–water partition coefficient (Wildman–Crippen LogP) is 1.09. The van der Waals surface area contributed by atoms with Crippen molar-refractivity contribution in [3.05, 3.63) is 12.0 Å². The zero-order valence-corrected chi connectivity index (χ0v) is 7.29. The molecule has 0 rings (SSSR count). The van der Waals surface area contributed by atoms with Crippen LogP contribution in [0.3, 0.4) is 0 Å². The van der Waals surface area contributed by atoms with Crippen LogP contribution in [0.4, 0.5) is 0 Å². The lowest BCUT2D eigenvalue weighted by Crippen LogP contribution is -2.16. The Morgan fingerprint density at radius 3 is 2.09 bits per heavy atom. The highest BCUT2D eigenvalue weighted by atomic mass is 16.8. The first kappa shape index (κ1) is 10.3. The van der Waals surface area contributed by atoms with Gasteiger partial charge in [0.25, 0.3) is 0 Å². The maximum atomic E-state index is 5.08. The predicted molar refractivity (Wildman–Crippen MR) is 39.7 cm³/mol. The molecule has 0 fully saturated rings. The summed E-state index contributed by atoms with van der Waals surface area (Å²) in [5.74, 6) is 0.598. The molecule has 0 heterocycles. The summed E-state index contributed by atoms with van der Waals surface area (Å²) in [6, 6.07) is 0. The van der Waals surface area contributed by atoms with E-state index in [-0.39, 0.29) is 0 Å². The van der Waals surface area contributed by atoms with Crippen LogP contribution in [0.15, 0.2) is 12.0 Å². The van der Waals surface area contributed by atoms with E-state index in [4.69, 9.17) is 18.9 Å². The van der Waals surface area contributed by atoms with Crippen LogP contribution in [0.1, 0.15) is 6.92 Å². The molecule has 0 bridgehead atoms. The minimum absolute atomic E-state index is 0.598. The standard InChI is InChI=1S/C7H14O4/c1-6(5-8-2)11-7(9-3)10-4/h5,7H,1-4H3. The first-order chi connectivity index (χ1) is 5.24. The van der Waals surface area contributed by atoms with Crippen molar-refractivity contribution in [1.29, 1.82) is 0 Å². The van der Waals surface area contributed by atoms with Crippen molar-refractivity contribution < 1.29 is 18.9 Å². The van der Waals surface area contributed by atoms with Gasteiger partial charge in [0.05, 0.1) is 7.11 Å². The van der Waals surface area contributed by atoms with E-state index >= 15 is 0 Å². The third-order valence-electron chi connectivity index (χ3n) is 0.951. The molecule has 0 aromatic carbocycles. The summed E-state index contributed by atoms with van der Waals surface area (Å²) in [6.07, 6.45) is 1.46. The highest BCUT2D eigenvalue weighted by molar-refractivity contribution is 4.80. The van der Waals surface area contributed by atoms with Crippen LogP contribution in [-0.4, -0.2) is 27.8 Å². The number of rotatable bonds is 5. The largest absolute Gasteiger partial charge is 0.501 e. The Kier molecular flexibility index (Phi) is 5.60. The SMILES string of the molecule is COC=C(C)OC(OC)OC. The number of hydrogen-bond acceptors (Lipinski definition) is 4. The molecule has 0 N–H and O–H groups in total. The molecular weight excluding hydrogens is 148 g/mol. The van der Waals surface area contributed by atoms with E-state index in [9.17, 15) is 0 Å². The van der Waals surface area contributed by atoms with Crippen LogP contribution >= 0.6 is 0 Å². The Hall–Kier alpha value is -0.740. The fourth-order valence-corrected chi connectivity index (χ4v) is 0.538. The quantitative estimate of drug-likeness (QED) is 0.448. The number of allylic oxidation sites excluding steroid dienone is 1. The molecule has 66 valence electrons. The smallest absolute Gasteiger partial charge is 0.315 e. The van der Waals surface area contributed by atoms with Crippen LogP contribution in [-0.2, 0) is 18.9 Å². The highest BCUT2D eigenvalue weighted by Gasteiger charge is 2.04. The molecule has 0 atom stereocenters. The summed E-state index contributed by atoms with van der Waals surface area (Å²) in [6.45, 7) is 1.08. The molecule has 0 aliphatic heterocycles. The molecule has 0 aromatic heterocycles. The molecule has 0 aliphatic rings. The van der Waals surface area contributed by atoms with Gasteiger partial charge in [-0.1, -0.05) is 0 Å². The van der Waals surface area contributed by atoms with Crippen LogP contribution < -0.4 is 0 Å². The fourth-order valence-electron chi connectivity index (χ4n) is 0.538. The molecule has 0 radical (unpaired) electrons. The van der Waals surface area contributed by atoms with Crippen molar-refractivity contribution in [2.75, 3.05) is 21.3 Å². The maximum Gasteiger partial charge on any atom is 0.315 e. The average molecular weight is 162 g/mol. The van der Waals surface area contributed by atoms with Crippen LogP contribution in [0, 0.1) is 0 Å². The molecule has 0 amide bonds. The summed E-state index contributed by atoms with van der Waals surface area (Å²) in [5.41, 5.74) is 0. The normalized spacial score (nSPS) is 11.9. The van der Waals surface area contributed by atoms with Crippen LogP contribution in [0.25, 0.3) is 0 Å². The van der Waals surface area contributed by atoms with Gasteiger partial charge in [-0.25, -0.2) is 0 Å². The van der Waals surface area contributed by atoms with Gasteiger partial charge in [-0.3, -0.25) is 0 Å². The van der Waals surface area contributed by atoms with Gasteiger partial charge < -0.3 is 18.9 Å². The van der Waals surface area contributed by atoms with Crippen molar-refractivity contribution in [1.82, 2.24) is 0 Å². The topological polar surface area (TPSA) is 36.9 Å². The van der Waals surface area contributed by atoms with Gasteiger partial charge in [-0.15, -0.1) is 0 Å². The fraction of sp³-hybridized carbons (Fsp3) is 0.714. The first-order valence-electron chi connectivity index (χ1n) is 3.16. The summed E-state index contributed by atoms with van der Waals surface area (Å²) in [7, 11) is 4.53. The number of methoxy groups -OCH3 is 3. The Morgan fingerprint density at radius 2 is 1.73 bits per heavy atom. The van der Waals surface area contributed by atoms with Crippen molar-refractivity contribution in [2.45, 2.75) is 13.4 Å². The minimum Gasteiger partial charge on any atom is -0.501 e. The van der Waals surface area contributed by atoms with E-state index in [2.05, 4.69) is 0 Å². The van der Waals surface area contributed by atoms with Gasteiger partial charge in [0, 0.05) is 14.2 Å². The highest BCUT2D eigenvalue weighted by Crippen LogP contribution is 2.02. The molecule has 0 aromatic rings. The van der Waals surface area contributed by atoms with E-state index in [1.165, 1.54) is 20.5 Å². The van der Waals surface area contributed by atoms with E-state index in [1.54, 1.807) is 14.0 Å². The average Bonchev–Trinajstić information content (AvgIpc) is 2.01. The van der Waals surface area contributed by atoms with Crippen LogP contribution in [0.2, 0.25) is 0 Å². The number of ether oxygens (including phenoxy) is 4. The van der Waals surface area contributed by atoms with E-state index < -0.39 is 6.48 Å². The van der Waals surface area contributed by atoms with Crippen molar-refractivity contribution in [3.8, 4) is 0 Å². The van der Waals surface area contributed by atoms with Gasteiger partial charge in [-0.05, 0) is 6.92 Å². The van der Waals surface area contributed by atoms with Crippen molar-refractivity contribution >= 4 is 0 Å². The van der Waals surface area contributed by atoms with E-state index in [1.807, 2.05) is 0 Å². The van der Waals surface area contributed by atoms with E-state index in [0.29, 0.717) is 5.76 Å². The second-order valence-electron chi connectivity index (χ2n) is 1.84. The molecule has 0 aliphatic carbocycles. The zero-order chi connectivity index (χ0) is 8.69. The lowest BCUT2D eigenvalue weighted by molar-refractivity contribution is -0.247. The lowest BCUT2D eigenvalue weighted by atomic mass is 10.6. The van der Waals surface area contributed by atoms with Gasteiger partial charge in [0.1, 0.15) is 12.0 Å². The van der Waals surface area contributed by atoms with Crippen molar-refractivity contribution in [3.63, 3.8) is 0 Å². The van der Waals surface area contributed by atoms with Gasteiger partial charge in [0.2, 0.25) is 0 Å². The van der Waals surface area contributed by atoms with Gasteiger partial charge in [-0.2, -0.15) is 0 Å². The first-order valence-corrected chi connectivity index (χ1v) is 3.16. The third kappa shape index (κ3) is 4.64. The Labute approximate surface area is 66.7 Å². The second-order valence-corrected chi connectivity index (χ2v) is 1.84. The van der Waals surface area contributed by atoms with Gasteiger partial charge >= 0.3 is 6.48 Å². The molecular formula is C7H14O4. The van der Waals surface area contributed by atoms with Crippen LogP contribution in [0.5, 0.6) is 0 Å². The zero-order valence-electron chi connectivity index (χ0n) is 7.29. The molecule has 0 saturated heterocycles. The van der Waals surface area contributed by atoms with Gasteiger partial charge in [0.15, 0.2) is 0 Å². The Bertz CT molecular complexity index is 118. The molecule has 11 heavy (non-hydrogen) atoms. The maximum absolute atomic E-state index is 5.08. The lowest BCUT2D eigenvalue weighted by Gasteiger charge is -2.14. The molecule has 0 saturated carbocycles. The Morgan fingerprint density at radius 1 is 1.18 bits per heavy atom. The molecule has 4 heteroatoms. The van der Waals surface area contributed by atoms with E-state index in [0.717, 1.165) is 0 Å². The molecule has 0 unspecified atom stereocenters. The summed E-state index contributed by atoms with van der Waals surface area (Å²) in [5, 5.41) is 0. The summed E-state index contributed by atoms with van der Waals surface area (Å²) in [4.78, 5) is 0. The summed E-state index contributed by atoms with van der Waals surface area (Å²) < 4.78 is 19.3. The van der Waals surface area contributed by atoms with Crippen molar-refractivity contribution in [2.24, 2.45) is 0 Å². The second kappa shape index (κ2) is 6.00. The monoisotopic (exact) mass is 162 g/mol. The molecule has 4 nitrogen and oxygen atoms in total. The Balaban J connectivity index is 3.71. The molecule has 0 spiro atoms.